The number of para-hydroxylation sites is 1. The fourth-order valence-electron chi connectivity index (χ4n) is 1.75. The first-order chi connectivity index (χ1) is 9.06. The highest BCUT2D eigenvalue weighted by molar-refractivity contribution is 7.91. The van der Waals surface area contributed by atoms with Crippen molar-refractivity contribution in [1.82, 2.24) is 9.78 Å². The van der Waals surface area contributed by atoms with E-state index in [4.69, 9.17) is 0 Å². The second-order valence-electron chi connectivity index (χ2n) is 4.11. The molecule has 0 spiro atoms. The Labute approximate surface area is 113 Å². The molecule has 5 nitrogen and oxygen atoms in total. The smallest absolute Gasteiger partial charge is 0.180 e. The predicted octanol–water partition coefficient (Wildman–Crippen LogP) is 2.44. The lowest BCUT2D eigenvalue weighted by Gasteiger charge is -2.10. The number of aromatic nitrogens is 2. The van der Waals surface area contributed by atoms with Gasteiger partial charge in [-0.3, -0.25) is 4.68 Å². The van der Waals surface area contributed by atoms with Crippen LogP contribution in [0.4, 0.5) is 11.4 Å². The molecule has 0 radical (unpaired) electrons. The minimum absolute atomic E-state index is 0.0832. The first-order valence-corrected chi connectivity index (χ1v) is 7.83. The molecule has 6 heteroatoms. The molecular weight excluding hydrogens is 262 g/mol. The quantitative estimate of drug-likeness (QED) is 0.913. The molecule has 0 atom stereocenters. The van der Waals surface area contributed by atoms with Crippen molar-refractivity contribution in [2.75, 3.05) is 11.1 Å². The second-order valence-corrected chi connectivity index (χ2v) is 6.36. The number of nitrogens with one attached hydrogen (secondary N) is 1. The zero-order valence-electron chi connectivity index (χ0n) is 11.0. The van der Waals surface area contributed by atoms with E-state index in [0.717, 1.165) is 12.2 Å². The Morgan fingerprint density at radius 1 is 1.26 bits per heavy atom. The van der Waals surface area contributed by atoms with E-state index in [1.165, 1.54) is 0 Å². The van der Waals surface area contributed by atoms with Crippen molar-refractivity contribution in [2.45, 2.75) is 25.3 Å². The summed E-state index contributed by atoms with van der Waals surface area (Å²) in [4.78, 5) is 0.321. The Hall–Kier alpha value is -1.82. The highest BCUT2D eigenvalue weighted by Crippen LogP contribution is 2.25. The molecule has 1 aromatic carbocycles. The van der Waals surface area contributed by atoms with Gasteiger partial charge in [0.25, 0.3) is 0 Å². The monoisotopic (exact) mass is 279 g/mol. The van der Waals surface area contributed by atoms with Gasteiger partial charge in [0, 0.05) is 12.7 Å². The number of sulfone groups is 1. The Kier molecular flexibility index (Phi) is 3.90. The standard InChI is InChI=1S/C13H17N3O2S/c1-3-16-10-11(9-14-16)15-12-7-5-6-8-13(12)19(17,18)4-2/h5-10,15H,3-4H2,1-2H3. The number of aryl methyl sites for hydroxylation is 1. The van der Waals surface area contributed by atoms with Gasteiger partial charge in [-0.25, -0.2) is 8.42 Å². The number of benzene rings is 1. The average molecular weight is 279 g/mol. The van der Waals surface area contributed by atoms with Crippen molar-refractivity contribution in [3.05, 3.63) is 36.7 Å². The first kappa shape index (κ1) is 13.6. The van der Waals surface area contributed by atoms with E-state index in [-0.39, 0.29) is 5.75 Å². The van der Waals surface area contributed by atoms with Gasteiger partial charge in [-0.05, 0) is 19.1 Å². The molecule has 102 valence electrons. The van der Waals surface area contributed by atoms with E-state index in [0.29, 0.717) is 10.6 Å². The zero-order valence-corrected chi connectivity index (χ0v) is 11.8. The summed E-state index contributed by atoms with van der Waals surface area (Å²) in [6.07, 6.45) is 3.52. The largest absolute Gasteiger partial charge is 0.352 e. The van der Waals surface area contributed by atoms with Crippen LogP contribution in [0.15, 0.2) is 41.6 Å². The van der Waals surface area contributed by atoms with Crippen molar-refractivity contribution in [1.29, 1.82) is 0 Å². The second kappa shape index (κ2) is 5.44. The highest BCUT2D eigenvalue weighted by atomic mass is 32.2. The molecule has 0 saturated heterocycles. The van der Waals surface area contributed by atoms with Crippen LogP contribution in [0.2, 0.25) is 0 Å². The molecule has 0 aliphatic rings. The van der Waals surface area contributed by atoms with Crippen LogP contribution in [0.1, 0.15) is 13.8 Å². The molecule has 0 bridgehead atoms. The third-order valence-electron chi connectivity index (χ3n) is 2.84. The van der Waals surface area contributed by atoms with E-state index < -0.39 is 9.84 Å². The Bertz CT molecular complexity index is 662. The lowest BCUT2D eigenvalue weighted by atomic mass is 10.3. The molecule has 19 heavy (non-hydrogen) atoms. The number of nitrogens with zero attached hydrogens (tertiary/aromatic N) is 2. The summed E-state index contributed by atoms with van der Waals surface area (Å²) in [6, 6.07) is 6.90. The first-order valence-electron chi connectivity index (χ1n) is 6.18. The number of hydrogen-bond acceptors (Lipinski definition) is 4. The molecular formula is C13H17N3O2S. The van der Waals surface area contributed by atoms with Crippen LogP contribution in [0.25, 0.3) is 0 Å². The lowest BCUT2D eigenvalue weighted by Crippen LogP contribution is -2.06. The van der Waals surface area contributed by atoms with Crippen LogP contribution >= 0.6 is 0 Å². The van der Waals surface area contributed by atoms with Gasteiger partial charge in [0.1, 0.15) is 0 Å². The summed E-state index contributed by atoms with van der Waals surface area (Å²) in [5.74, 6) is 0.0832. The third-order valence-corrected chi connectivity index (χ3v) is 4.62. The van der Waals surface area contributed by atoms with E-state index in [1.807, 2.05) is 13.1 Å². The SMILES string of the molecule is CCn1cc(Nc2ccccc2S(=O)(=O)CC)cn1. The molecule has 0 saturated carbocycles. The summed E-state index contributed by atoms with van der Waals surface area (Å²) in [5, 5.41) is 7.25. The molecule has 0 unspecified atom stereocenters. The summed E-state index contributed by atoms with van der Waals surface area (Å²) in [6.45, 7) is 4.41. The highest BCUT2D eigenvalue weighted by Gasteiger charge is 2.16. The Morgan fingerprint density at radius 3 is 2.63 bits per heavy atom. The Morgan fingerprint density at radius 2 is 2.00 bits per heavy atom. The number of hydrogen-bond donors (Lipinski definition) is 1. The van der Waals surface area contributed by atoms with Crippen LogP contribution in [0, 0.1) is 0 Å². The maximum atomic E-state index is 12.0. The minimum atomic E-state index is -3.24. The van der Waals surface area contributed by atoms with Crippen molar-refractivity contribution in [2.24, 2.45) is 0 Å². The van der Waals surface area contributed by atoms with E-state index >= 15 is 0 Å². The topological polar surface area (TPSA) is 64.0 Å². The third kappa shape index (κ3) is 2.96. The summed E-state index contributed by atoms with van der Waals surface area (Å²) >= 11 is 0. The fourth-order valence-corrected chi connectivity index (χ4v) is 2.80. The van der Waals surface area contributed by atoms with Crippen LogP contribution < -0.4 is 5.32 Å². The fraction of sp³-hybridized carbons (Fsp3) is 0.308. The molecule has 0 amide bonds. The number of rotatable bonds is 5. The average Bonchev–Trinajstić information content (AvgIpc) is 2.87. The van der Waals surface area contributed by atoms with Crippen LogP contribution in [-0.4, -0.2) is 24.0 Å². The molecule has 1 heterocycles. The van der Waals surface area contributed by atoms with Gasteiger partial charge in [-0.2, -0.15) is 5.10 Å². The molecule has 2 aromatic rings. The van der Waals surface area contributed by atoms with Gasteiger partial charge in [-0.1, -0.05) is 19.1 Å². The molecule has 2 rings (SSSR count). The van der Waals surface area contributed by atoms with Crippen LogP contribution in [0.3, 0.4) is 0 Å². The maximum Gasteiger partial charge on any atom is 0.180 e. The Balaban J connectivity index is 2.35. The molecule has 0 fully saturated rings. The van der Waals surface area contributed by atoms with Gasteiger partial charge in [0.15, 0.2) is 9.84 Å². The van der Waals surface area contributed by atoms with Crippen molar-refractivity contribution < 1.29 is 8.42 Å². The maximum absolute atomic E-state index is 12.0. The van der Waals surface area contributed by atoms with E-state index in [2.05, 4.69) is 10.4 Å². The lowest BCUT2D eigenvalue weighted by molar-refractivity contribution is 0.597. The molecule has 1 aromatic heterocycles. The van der Waals surface area contributed by atoms with Gasteiger partial charge in [0.2, 0.25) is 0 Å². The van der Waals surface area contributed by atoms with Gasteiger partial charge in [-0.15, -0.1) is 0 Å². The number of anilines is 2. The molecule has 0 aliphatic carbocycles. The molecule has 0 aliphatic heterocycles. The van der Waals surface area contributed by atoms with E-state index in [1.54, 1.807) is 42.1 Å². The van der Waals surface area contributed by atoms with E-state index in [9.17, 15) is 8.42 Å². The molecule has 1 N–H and O–H groups in total. The van der Waals surface area contributed by atoms with Gasteiger partial charge < -0.3 is 5.32 Å². The van der Waals surface area contributed by atoms with Crippen LogP contribution in [0.5, 0.6) is 0 Å². The summed E-state index contributed by atoms with van der Waals surface area (Å²) in [5.41, 5.74) is 1.36. The summed E-state index contributed by atoms with van der Waals surface area (Å²) in [7, 11) is -3.24. The zero-order chi connectivity index (χ0) is 13.9. The van der Waals surface area contributed by atoms with Gasteiger partial charge >= 0.3 is 0 Å². The normalized spacial score (nSPS) is 11.5. The van der Waals surface area contributed by atoms with Gasteiger partial charge in [0.05, 0.1) is 28.2 Å². The van der Waals surface area contributed by atoms with Crippen molar-refractivity contribution >= 4 is 21.2 Å². The van der Waals surface area contributed by atoms with Crippen LogP contribution in [-0.2, 0) is 16.4 Å². The van der Waals surface area contributed by atoms with Crippen molar-refractivity contribution in [3.8, 4) is 0 Å². The van der Waals surface area contributed by atoms with Crippen molar-refractivity contribution in [3.63, 3.8) is 0 Å². The predicted molar refractivity (Wildman–Crippen MR) is 75.4 cm³/mol. The minimum Gasteiger partial charge on any atom is -0.352 e. The summed E-state index contributed by atoms with van der Waals surface area (Å²) < 4.78 is 25.8.